The first-order chi connectivity index (χ1) is 10.7. The highest BCUT2D eigenvalue weighted by Crippen LogP contribution is 2.35. The van der Waals surface area contributed by atoms with Gasteiger partial charge in [-0.15, -0.1) is 11.3 Å². The molecule has 2 heterocycles. The number of H-pyrrole nitrogens is 1. The van der Waals surface area contributed by atoms with Gasteiger partial charge in [-0.25, -0.2) is 4.98 Å². The number of aliphatic hydroxyl groups is 1. The molecule has 0 aromatic carbocycles. The maximum absolute atomic E-state index is 12.2. The molecule has 0 amide bonds. The largest absolute Gasteiger partial charge is 0.511 e. The van der Waals surface area contributed by atoms with Gasteiger partial charge in [0, 0.05) is 54.7 Å². The first-order valence-corrected chi connectivity index (χ1v) is 8.08. The molecule has 0 fully saturated rings. The lowest BCUT2D eigenvalue weighted by atomic mass is 9.86. The molecule has 0 saturated carbocycles. The number of imidazole rings is 1. The van der Waals surface area contributed by atoms with Crippen LogP contribution in [0.3, 0.4) is 0 Å². The van der Waals surface area contributed by atoms with Crippen molar-refractivity contribution in [1.29, 1.82) is 0 Å². The van der Waals surface area contributed by atoms with Crippen LogP contribution in [-0.4, -0.2) is 33.6 Å². The fourth-order valence-electron chi connectivity index (χ4n) is 2.54. The van der Waals surface area contributed by atoms with Crippen LogP contribution in [0.2, 0.25) is 0 Å². The molecule has 2 aromatic heterocycles. The number of carbonyl (C=O) groups excluding carboxylic acids is 1. The molecule has 2 N–H and O–H groups in total. The highest BCUT2D eigenvalue weighted by Gasteiger charge is 2.28. The number of carbonyl (C=O) groups is 1. The molecule has 0 bridgehead atoms. The smallest absolute Gasteiger partial charge is 0.168 e. The van der Waals surface area contributed by atoms with Gasteiger partial charge in [-0.2, -0.15) is 0 Å². The van der Waals surface area contributed by atoms with Crippen LogP contribution in [0.25, 0.3) is 0 Å². The van der Waals surface area contributed by atoms with E-state index in [1.807, 2.05) is 17.5 Å². The first kappa shape index (κ1) is 14.7. The Morgan fingerprint density at radius 2 is 2.41 bits per heavy atom. The summed E-state index contributed by atoms with van der Waals surface area (Å²) < 4.78 is 0. The van der Waals surface area contributed by atoms with Gasteiger partial charge in [0.05, 0.1) is 11.9 Å². The molecule has 5 nitrogen and oxygen atoms in total. The van der Waals surface area contributed by atoms with E-state index in [9.17, 15) is 9.90 Å². The van der Waals surface area contributed by atoms with Gasteiger partial charge in [0.25, 0.3) is 0 Å². The summed E-state index contributed by atoms with van der Waals surface area (Å²) in [5, 5.41) is 12.1. The Bertz CT molecular complexity index is 687. The summed E-state index contributed by atoms with van der Waals surface area (Å²) in [6.45, 7) is 0.556. The van der Waals surface area contributed by atoms with Crippen LogP contribution in [0, 0.1) is 0 Å². The summed E-state index contributed by atoms with van der Waals surface area (Å²) in [6, 6.07) is 3.98. The Hall–Kier alpha value is -2.21. The molecular formula is C16H17N3O2S. The fourth-order valence-corrected chi connectivity index (χ4v) is 3.37. The van der Waals surface area contributed by atoms with Gasteiger partial charge >= 0.3 is 0 Å². The lowest BCUT2D eigenvalue weighted by Gasteiger charge is -2.20. The zero-order chi connectivity index (χ0) is 15.4. The standard InChI is InChI=1S/C16H17N3O2S/c20-14-6-11(16-2-1-5-22-16)7-15(21)13(14)9-17-4-3-12-8-18-10-19-12/h1-2,5,8-11,20H,3-4,6-7H2,(H,18,19). The topological polar surface area (TPSA) is 78.3 Å². The monoisotopic (exact) mass is 315 g/mol. The number of allylic oxidation sites excluding steroid dienone is 2. The second kappa shape index (κ2) is 6.70. The van der Waals surface area contributed by atoms with Crippen LogP contribution in [-0.2, 0) is 11.2 Å². The highest BCUT2D eigenvalue weighted by atomic mass is 32.1. The van der Waals surface area contributed by atoms with Crippen molar-refractivity contribution in [1.82, 2.24) is 9.97 Å². The number of aliphatic hydroxyl groups excluding tert-OH is 1. The fraction of sp³-hybridized carbons (Fsp3) is 0.312. The van der Waals surface area contributed by atoms with Crippen molar-refractivity contribution in [3.8, 4) is 0 Å². The van der Waals surface area contributed by atoms with Gasteiger partial charge in [0.15, 0.2) is 5.78 Å². The number of aromatic amines is 1. The van der Waals surface area contributed by atoms with Crippen LogP contribution in [0.15, 0.2) is 46.4 Å². The average Bonchev–Trinajstić information content (AvgIpc) is 3.19. The van der Waals surface area contributed by atoms with Crippen molar-refractivity contribution in [3.63, 3.8) is 0 Å². The quantitative estimate of drug-likeness (QED) is 0.832. The summed E-state index contributed by atoms with van der Waals surface area (Å²) in [6.07, 6.45) is 6.57. The number of ketones is 1. The van der Waals surface area contributed by atoms with E-state index in [2.05, 4.69) is 15.0 Å². The second-order valence-corrected chi connectivity index (χ2v) is 6.25. The van der Waals surface area contributed by atoms with E-state index in [0.717, 1.165) is 17.0 Å². The summed E-state index contributed by atoms with van der Waals surface area (Å²) in [5.74, 6) is 0.210. The van der Waals surface area contributed by atoms with Crippen LogP contribution in [0.4, 0.5) is 0 Å². The maximum Gasteiger partial charge on any atom is 0.168 e. The molecule has 0 saturated heterocycles. The SMILES string of the molecule is O=C1CC(c2cccs2)CC(O)=C1C=NCCc1cnc[nH]1. The van der Waals surface area contributed by atoms with Crippen LogP contribution < -0.4 is 0 Å². The number of nitrogens with zero attached hydrogens (tertiary/aromatic N) is 2. The van der Waals surface area contributed by atoms with Crippen molar-refractivity contribution >= 4 is 23.3 Å². The molecule has 6 heteroatoms. The minimum absolute atomic E-state index is 0.0348. The lowest BCUT2D eigenvalue weighted by molar-refractivity contribution is -0.116. The van der Waals surface area contributed by atoms with Gasteiger partial charge in [0.1, 0.15) is 5.76 Å². The minimum Gasteiger partial charge on any atom is -0.511 e. The molecule has 0 radical (unpaired) electrons. The Morgan fingerprint density at radius 3 is 3.09 bits per heavy atom. The summed E-state index contributed by atoms with van der Waals surface area (Å²) in [5.41, 5.74) is 1.36. The van der Waals surface area contributed by atoms with Crippen LogP contribution >= 0.6 is 11.3 Å². The number of hydrogen-bond acceptors (Lipinski definition) is 5. The van der Waals surface area contributed by atoms with Crippen LogP contribution in [0.1, 0.15) is 29.3 Å². The third-order valence-corrected chi connectivity index (χ3v) is 4.75. The number of aromatic nitrogens is 2. The number of aliphatic imine (C=N–C) groups is 1. The zero-order valence-corrected chi connectivity index (χ0v) is 12.8. The van der Waals surface area contributed by atoms with E-state index >= 15 is 0 Å². The van der Waals surface area contributed by atoms with Gasteiger partial charge < -0.3 is 10.1 Å². The lowest BCUT2D eigenvalue weighted by Crippen LogP contribution is -2.18. The summed E-state index contributed by atoms with van der Waals surface area (Å²) in [4.78, 5) is 24.6. The molecule has 1 aliphatic carbocycles. The third-order valence-electron chi connectivity index (χ3n) is 3.71. The van der Waals surface area contributed by atoms with Crippen molar-refractivity contribution in [2.45, 2.75) is 25.2 Å². The van der Waals surface area contributed by atoms with E-state index < -0.39 is 0 Å². The van der Waals surface area contributed by atoms with Crippen molar-refractivity contribution in [3.05, 3.63) is 51.9 Å². The van der Waals surface area contributed by atoms with E-state index in [1.165, 1.54) is 6.21 Å². The van der Waals surface area contributed by atoms with E-state index in [-0.39, 0.29) is 17.5 Å². The third kappa shape index (κ3) is 3.33. The van der Waals surface area contributed by atoms with Crippen molar-refractivity contribution < 1.29 is 9.90 Å². The zero-order valence-electron chi connectivity index (χ0n) is 12.0. The number of rotatable bonds is 5. The predicted octanol–water partition coefficient (Wildman–Crippen LogP) is 3.04. The normalized spacial score (nSPS) is 19.3. The molecule has 3 rings (SSSR count). The summed E-state index contributed by atoms with van der Waals surface area (Å²) >= 11 is 1.63. The molecule has 1 aliphatic rings. The molecule has 0 aliphatic heterocycles. The Balaban J connectivity index is 1.63. The number of hydrogen-bond donors (Lipinski definition) is 2. The molecule has 22 heavy (non-hydrogen) atoms. The maximum atomic E-state index is 12.2. The predicted molar refractivity (Wildman–Crippen MR) is 86.6 cm³/mol. The highest BCUT2D eigenvalue weighted by molar-refractivity contribution is 7.10. The van der Waals surface area contributed by atoms with Crippen molar-refractivity contribution in [2.24, 2.45) is 4.99 Å². The molecule has 1 atom stereocenters. The summed E-state index contributed by atoms with van der Waals surface area (Å²) in [7, 11) is 0. The number of thiophene rings is 1. The van der Waals surface area contributed by atoms with Crippen molar-refractivity contribution in [2.75, 3.05) is 6.54 Å². The molecule has 1 unspecified atom stereocenters. The van der Waals surface area contributed by atoms with Gasteiger partial charge in [-0.1, -0.05) is 6.07 Å². The van der Waals surface area contributed by atoms with Crippen LogP contribution in [0.5, 0.6) is 0 Å². The van der Waals surface area contributed by atoms with E-state index in [0.29, 0.717) is 25.0 Å². The average molecular weight is 315 g/mol. The van der Waals surface area contributed by atoms with Gasteiger partial charge in [-0.05, 0) is 11.4 Å². The van der Waals surface area contributed by atoms with E-state index in [4.69, 9.17) is 0 Å². The second-order valence-electron chi connectivity index (χ2n) is 5.27. The first-order valence-electron chi connectivity index (χ1n) is 7.20. The van der Waals surface area contributed by atoms with E-state index in [1.54, 1.807) is 23.9 Å². The Labute approximate surface area is 132 Å². The molecule has 0 spiro atoms. The number of Topliss-reactive ketones (excluding diaryl/α,β-unsaturated/α-hetero) is 1. The Morgan fingerprint density at radius 1 is 1.50 bits per heavy atom. The Kier molecular flexibility index (Phi) is 4.48. The molecular weight excluding hydrogens is 298 g/mol. The van der Waals surface area contributed by atoms with Gasteiger partial charge in [0.2, 0.25) is 0 Å². The number of nitrogens with one attached hydrogen (secondary N) is 1. The molecule has 2 aromatic rings. The molecule has 114 valence electrons. The van der Waals surface area contributed by atoms with Gasteiger partial charge in [-0.3, -0.25) is 9.79 Å². The minimum atomic E-state index is -0.0348.